The Morgan fingerprint density at radius 3 is 2.35 bits per heavy atom. The fourth-order valence-corrected chi connectivity index (χ4v) is 3.46. The summed E-state index contributed by atoms with van der Waals surface area (Å²) in [5.41, 5.74) is 1.46. The van der Waals surface area contributed by atoms with Crippen LogP contribution in [0.4, 0.5) is 10.1 Å². The summed E-state index contributed by atoms with van der Waals surface area (Å²) in [6.07, 6.45) is 1.34. The largest absolute Gasteiger partial charge is 0.486 e. The second-order valence-electron chi connectivity index (χ2n) is 6.36. The van der Waals surface area contributed by atoms with Crippen molar-refractivity contribution >= 4 is 52.5 Å². The molecule has 1 amide bonds. The summed E-state index contributed by atoms with van der Waals surface area (Å²) in [7, 11) is 0. The van der Waals surface area contributed by atoms with Gasteiger partial charge in [0.05, 0.1) is 10.0 Å². The second kappa shape index (κ2) is 10.3. The first-order valence-corrected chi connectivity index (χ1v) is 10.0. The molecule has 8 heteroatoms. The third-order valence-corrected chi connectivity index (χ3v) is 4.87. The van der Waals surface area contributed by atoms with Gasteiger partial charge in [0.25, 0.3) is 5.91 Å². The van der Waals surface area contributed by atoms with Crippen LogP contribution in [0.15, 0.2) is 66.2 Å². The maximum absolute atomic E-state index is 13.0. The van der Waals surface area contributed by atoms with Crippen molar-refractivity contribution in [2.45, 2.75) is 6.61 Å². The maximum Gasteiger partial charge on any atom is 0.266 e. The number of benzene rings is 3. The number of ether oxygens (including phenoxy) is 1. The van der Waals surface area contributed by atoms with E-state index in [-0.39, 0.29) is 28.0 Å². The number of hydrogen-bond acceptors (Lipinski definition) is 3. The minimum atomic E-state index is -0.650. The number of nitrogens with zero attached hydrogens (tertiary/aromatic N) is 1. The molecule has 0 saturated heterocycles. The lowest BCUT2D eigenvalue weighted by Gasteiger charge is -2.11. The molecule has 31 heavy (non-hydrogen) atoms. The predicted molar refractivity (Wildman–Crippen MR) is 121 cm³/mol. The molecule has 0 heterocycles. The number of hydrogen-bond donors (Lipinski definition) is 1. The number of rotatable bonds is 6. The van der Waals surface area contributed by atoms with E-state index in [0.717, 1.165) is 5.56 Å². The number of carbonyl (C=O) groups excluding carboxylic acids is 1. The summed E-state index contributed by atoms with van der Waals surface area (Å²) in [4.78, 5) is 12.4. The van der Waals surface area contributed by atoms with Crippen molar-refractivity contribution in [1.82, 2.24) is 0 Å². The van der Waals surface area contributed by atoms with E-state index in [4.69, 9.17) is 39.5 Å². The Hall–Kier alpha value is -3.04. The third-order valence-electron chi connectivity index (χ3n) is 4.07. The first kappa shape index (κ1) is 22.6. The zero-order chi connectivity index (χ0) is 22.4. The number of carbonyl (C=O) groups is 1. The van der Waals surface area contributed by atoms with Crippen LogP contribution < -0.4 is 10.1 Å². The Bertz CT molecular complexity index is 1170. The molecule has 3 aromatic rings. The molecule has 0 saturated carbocycles. The Kier molecular flexibility index (Phi) is 7.54. The van der Waals surface area contributed by atoms with E-state index in [9.17, 15) is 14.4 Å². The summed E-state index contributed by atoms with van der Waals surface area (Å²) in [5.74, 6) is -0.812. The average Bonchev–Trinajstić information content (AvgIpc) is 2.73. The first-order chi connectivity index (χ1) is 14.9. The molecule has 0 bridgehead atoms. The lowest BCUT2D eigenvalue weighted by atomic mass is 10.1. The molecule has 0 spiro atoms. The molecular weight excluding hydrogens is 462 g/mol. The van der Waals surface area contributed by atoms with Gasteiger partial charge in [0.15, 0.2) is 5.75 Å². The molecule has 1 N–H and O–H groups in total. The monoisotopic (exact) mass is 474 g/mol. The van der Waals surface area contributed by atoms with Gasteiger partial charge in [-0.2, -0.15) is 5.26 Å². The van der Waals surface area contributed by atoms with E-state index in [1.807, 2.05) is 12.1 Å². The van der Waals surface area contributed by atoms with E-state index >= 15 is 0 Å². The molecule has 156 valence electrons. The van der Waals surface area contributed by atoms with E-state index in [2.05, 4.69) is 5.32 Å². The lowest BCUT2D eigenvalue weighted by Crippen LogP contribution is -2.13. The van der Waals surface area contributed by atoms with Crippen molar-refractivity contribution in [1.29, 1.82) is 5.26 Å². The topological polar surface area (TPSA) is 62.1 Å². The molecule has 0 radical (unpaired) electrons. The first-order valence-electron chi connectivity index (χ1n) is 8.90. The quantitative estimate of drug-likeness (QED) is 0.311. The maximum atomic E-state index is 13.0. The van der Waals surface area contributed by atoms with Gasteiger partial charge in [-0.25, -0.2) is 4.39 Å². The highest BCUT2D eigenvalue weighted by Gasteiger charge is 2.13. The summed E-state index contributed by atoms with van der Waals surface area (Å²) in [6, 6.07) is 17.3. The van der Waals surface area contributed by atoms with Crippen LogP contribution >= 0.6 is 34.8 Å². The fraction of sp³-hybridized carbons (Fsp3) is 0.0435. The zero-order valence-electron chi connectivity index (χ0n) is 15.8. The van der Waals surface area contributed by atoms with Gasteiger partial charge in [-0.1, -0.05) is 46.9 Å². The second-order valence-corrected chi connectivity index (χ2v) is 7.61. The van der Waals surface area contributed by atoms with Crippen molar-refractivity contribution < 1.29 is 13.9 Å². The van der Waals surface area contributed by atoms with Gasteiger partial charge in [0, 0.05) is 10.7 Å². The van der Waals surface area contributed by atoms with Crippen LogP contribution in [0.1, 0.15) is 11.1 Å². The Balaban J connectivity index is 1.76. The fourth-order valence-electron chi connectivity index (χ4n) is 2.63. The molecule has 0 aliphatic heterocycles. The minimum Gasteiger partial charge on any atom is -0.486 e. The van der Waals surface area contributed by atoms with Gasteiger partial charge < -0.3 is 10.1 Å². The van der Waals surface area contributed by atoms with Crippen LogP contribution in [0, 0.1) is 17.1 Å². The van der Waals surface area contributed by atoms with Crippen LogP contribution in [0.2, 0.25) is 15.1 Å². The third kappa shape index (κ3) is 6.22. The van der Waals surface area contributed by atoms with Gasteiger partial charge in [0.1, 0.15) is 24.1 Å². The highest BCUT2D eigenvalue weighted by Crippen LogP contribution is 2.35. The Morgan fingerprint density at radius 2 is 1.74 bits per heavy atom. The van der Waals surface area contributed by atoms with E-state index in [1.165, 1.54) is 42.5 Å². The van der Waals surface area contributed by atoms with Crippen LogP contribution in [0.5, 0.6) is 5.75 Å². The van der Waals surface area contributed by atoms with E-state index < -0.39 is 11.7 Å². The highest BCUT2D eigenvalue weighted by molar-refractivity contribution is 6.37. The molecule has 0 unspecified atom stereocenters. The SMILES string of the molecule is N#C/C(=C\c1cc(Cl)c(OCc2cccc(Cl)c2)c(Cl)c1)C(=O)Nc1ccc(F)cc1. The number of anilines is 1. The van der Waals surface area contributed by atoms with Crippen molar-refractivity contribution in [3.63, 3.8) is 0 Å². The van der Waals surface area contributed by atoms with Crippen LogP contribution in [0.3, 0.4) is 0 Å². The highest BCUT2D eigenvalue weighted by atomic mass is 35.5. The van der Waals surface area contributed by atoms with Gasteiger partial charge in [-0.3, -0.25) is 4.79 Å². The Labute approximate surface area is 193 Å². The minimum absolute atomic E-state index is 0.177. The van der Waals surface area contributed by atoms with E-state index in [0.29, 0.717) is 16.3 Å². The molecule has 0 aromatic heterocycles. The lowest BCUT2D eigenvalue weighted by molar-refractivity contribution is -0.112. The standard InChI is InChI=1S/C23H14Cl3FN2O2/c24-17-3-1-2-14(9-17)13-31-22-20(25)10-15(11-21(22)26)8-16(12-28)23(30)29-19-6-4-18(27)5-7-19/h1-11H,13H2,(H,29,30)/b16-8+. The number of halogens is 4. The van der Waals surface area contributed by atoms with Gasteiger partial charge >= 0.3 is 0 Å². The smallest absolute Gasteiger partial charge is 0.266 e. The molecule has 0 fully saturated rings. The van der Waals surface area contributed by atoms with Crippen molar-refractivity contribution in [2.75, 3.05) is 5.32 Å². The number of amides is 1. The van der Waals surface area contributed by atoms with Crippen LogP contribution in [-0.4, -0.2) is 5.91 Å². The average molecular weight is 476 g/mol. The predicted octanol–water partition coefficient (Wildman–Crippen LogP) is 6.91. The van der Waals surface area contributed by atoms with Crippen molar-refractivity contribution in [3.8, 4) is 11.8 Å². The summed E-state index contributed by atoms with van der Waals surface area (Å²) < 4.78 is 18.7. The van der Waals surface area contributed by atoms with Crippen LogP contribution in [0.25, 0.3) is 6.08 Å². The van der Waals surface area contributed by atoms with Crippen molar-refractivity contribution in [3.05, 3.63) is 98.2 Å². The number of nitriles is 1. The molecule has 0 atom stereocenters. The summed E-state index contributed by atoms with van der Waals surface area (Å²) >= 11 is 18.6. The number of nitrogens with one attached hydrogen (secondary N) is 1. The molecule has 3 aromatic carbocycles. The summed E-state index contributed by atoms with van der Waals surface area (Å²) in [6.45, 7) is 0.207. The molecular formula is C23H14Cl3FN2O2. The van der Waals surface area contributed by atoms with Gasteiger partial charge in [0.2, 0.25) is 0 Å². The normalized spacial score (nSPS) is 11.0. The molecule has 4 nitrogen and oxygen atoms in total. The Morgan fingerprint density at radius 1 is 1.06 bits per heavy atom. The van der Waals surface area contributed by atoms with Gasteiger partial charge in [-0.15, -0.1) is 0 Å². The molecule has 3 rings (SSSR count). The molecule has 0 aliphatic rings. The van der Waals surface area contributed by atoms with E-state index in [1.54, 1.807) is 18.2 Å². The molecule has 0 aliphatic carbocycles. The van der Waals surface area contributed by atoms with Crippen molar-refractivity contribution in [2.24, 2.45) is 0 Å². The van der Waals surface area contributed by atoms with Gasteiger partial charge in [-0.05, 0) is 65.7 Å². The van der Waals surface area contributed by atoms with Crippen LogP contribution in [-0.2, 0) is 11.4 Å². The zero-order valence-corrected chi connectivity index (χ0v) is 18.1. The summed E-state index contributed by atoms with van der Waals surface area (Å²) in [5, 5.41) is 12.9.